The van der Waals surface area contributed by atoms with Crippen molar-refractivity contribution in [3.63, 3.8) is 0 Å². The van der Waals surface area contributed by atoms with E-state index in [0.29, 0.717) is 0 Å². The zero-order valence-electron chi connectivity index (χ0n) is 16.7. The summed E-state index contributed by atoms with van der Waals surface area (Å²) in [4.78, 5) is 11.2. The molecule has 1 N–H and O–H groups in total. The number of fused-ring (bicyclic) bond motifs is 2. The molecule has 29 heavy (non-hydrogen) atoms. The fourth-order valence-electron chi connectivity index (χ4n) is 3.81. The summed E-state index contributed by atoms with van der Waals surface area (Å²) in [6.45, 7) is 7.87. The minimum Gasteiger partial charge on any atom is -0.354 e. The van der Waals surface area contributed by atoms with Crippen LogP contribution < -0.4 is 10.2 Å². The fourth-order valence-corrected chi connectivity index (χ4v) is 3.81. The van der Waals surface area contributed by atoms with Crippen LogP contribution in [0.2, 0.25) is 0 Å². The average molecular weight is 386 g/mol. The van der Waals surface area contributed by atoms with E-state index >= 15 is 0 Å². The van der Waals surface area contributed by atoms with Gasteiger partial charge in [0, 0.05) is 54.4 Å². The Hall–Kier alpha value is -3.55. The number of aryl methyl sites for hydroxylation is 2. The lowest BCUT2D eigenvalue weighted by Gasteiger charge is -2.30. The van der Waals surface area contributed by atoms with Gasteiger partial charge in [0.25, 0.3) is 0 Å². The molecule has 0 saturated carbocycles. The molecule has 0 bridgehead atoms. The van der Waals surface area contributed by atoms with Gasteiger partial charge in [-0.25, -0.2) is 0 Å². The predicted molar refractivity (Wildman–Crippen MR) is 112 cm³/mol. The molecule has 5 rings (SSSR count). The summed E-state index contributed by atoms with van der Waals surface area (Å²) in [7, 11) is 0. The van der Waals surface area contributed by atoms with Gasteiger partial charge < -0.3 is 10.2 Å². The normalized spacial score (nSPS) is 13.6. The van der Waals surface area contributed by atoms with Gasteiger partial charge in [0.05, 0.1) is 11.9 Å². The Balaban J connectivity index is 1.46. The first-order chi connectivity index (χ1) is 14.1. The van der Waals surface area contributed by atoms with Crippen LogP contribution in [-0.4, -0.2) is 36.3 Å². The highest BCUT2D eigenvalue weighted by Gasteiger charge is 2.22. The minimum atomic E-state index is 0.772. The molecular weight excluding hydrogens is 364 g/mol. The highest BCUT2D eigenvalue weighted by Crippen LogP contribution is 2.29. The lowest BCUT2D eigenvalue weighted by Crippen LogP contribution is -2.32. The Bertz CT molecular complexity index is 1210. The van der Waals surface area contributed by atoms with Crippen molar-refractivity contribution < 1.29 is 0 Å². The molecule has 5 heterocycles. The first-order valence-electron chi connectivity index (χ1n) is 9.68. The van der Waals surface area contributed by atoms with Crippen LogP contribution in [0, 0.1) is 20.8 Å². The van der Waals surface area contributed by atoms with E-state index in [1.807, 2.05) is 25.4 Å². The smallest absolute Gasteiger partial charge is 0.180 e. The van der Waals surface area contributed by atoms with Crippen molar-refractivity contribution >= 4 is 22.8 Å². The SMILES string of the molecule is Cc1cnccc1Nc1cnc2c(c1)CN(c1nn3cnnc3c(C)c1C)CC2. The molecular formula is C21H22N8. The standard InChI is InChI=1S/C21H22N8/c1-13-9-22-6-4-18(13)25-17-8-16-11-28(7-5-19(16)23-10-17)21-15(3)14(2)20-26-24-12-29(20)27-21/h4,6,8-10,12H,5,7,11H2,1-3H3,(H,22,25). The molecule has 0 radical (unpaired) electrons. The van der Waals surface area contributed by atoms with Gasteiger partial charge in [-0.1, -0.05) is 0 Å². The summed E-state index contributed by atoms with van der Waals surface area (Å²) in [6, 6.07) is 4.17. The molecule has 0 spiro atoms. The van der Waals surface area contributed by atoms with Gasteiger partial charge in [0.2, 0.25) is 0 Å². The average Bonchev–Trinajstić information content (AvgIpc) is 3.21. The monoisotopic (exact) mass is 386 g/mol. The molecule has 146 valence electrons. The summed E-state index contributed by atoms with van der Waals surface area (Å²) in [5.74, 6) is 0.976. The van der Waals surface area contributed by atoms with Gasteiger partial charge in [-0.2, -0.15) is 4.52 Å². The maximum atomic E-state index is 4.77. The third-order valence-electron chi connectivity index (χ3n) is 5.60. The Morgan fingerprint density at radius 3 is 2.86 bits per heavy atom. The summed E-state index contributed by atoms with van der Waals surface area (Å²) < 4.78 is 1.76. The molecule has 0 unspecified atom stereocenters. The van der Waals surface area contributed by atoms with Crippen molar-refractivity contribution in [3.05, 3.63) is 65.0 Å². The number of aromatic nitrogens is 6. The molecule has 0 aromatic carbocycles. The highest BCUT2D eigenvalue weighted by atomic mass is 15.4. The molecule has 1 aliphatic rings. The van der Waals surface area contributed by atoms with Crippen molar-refractivity contribution in [3.8, 4) is 0 Å². The van der Waals surface area contributed by atoms with E-state index < -0.39 is 0 Å². The van der Waals surface area contributed by atoms with Gasteiger partial charge >= 0.3 is 0 Å². The van der Waals surface area contributed by atoms with E-state index in [2.05, 4.69) is 45.3 Å². The first-order valence-corrected chi connectivity index (χ1v) is 9.68. The van der Waals surface area contributed by atoms with Crippen LogP contribution in [0.25, 0.3) is 5.65 Å². The van der Waals surface area contributed by atoms with Crippen LogP contribution in [0.5, 0.6) is 0 Å². The largest absolute Gasteiger partial charge is 0.354 e. The lowest BCUT2D eigenvalue weighted by molar-refractivity contribution is 0.688. The van der Waals surface area contributed by atoms with Crippen LogP contribution in [0.1, 0.15) is 27.9 Å². The van der Waals surface area contributed by atoms with Crippen molar-refractivity contribution in [1.29, 1.82) is 0 Å². The van der Waals surface area contributed by atoms with Gasteiger partial charge in [0.15, 0.2) is 11.5 Å². The third-order valence-corrected chi connectivity index (χ3v) is 5.60. The maximum absolute atomic E-state index is 4.77. The van der Waals surface area contributed by atoms with Crippen molar-refractivity contribution in [2.24, 2.45) is 0 Å². The Kier molecular flexibility index (Phi) is 4.12. The Morgan fingerprint density at radius 1 is 1.10 bits per heavy atom. The molecule has 8 heteroatoms. The predicted octanol–water partition coefficient (Wildman–Crippen LogP) is 3.15. The van der Waals surface area contributed by atoms with E-state index in [1.165, 1.54) is 5.56 Å². The van der Waals surface area contributed by atoms with Crippen molar-refractivity contribution in [2.75, 3.05) is 16.8 Å². The summed E-state index contributed by atoms with van der Waals surface area (Å²) in [5.41, 5.74) is 8.56. The Labute approximate surface area is 168 Å². The van der Waals surface area contributed by atoms with Gasteiger partial charge in [-0.05, 0) is 44.0 Å². The summed E-state index contributed by atoms with van der Waals surface area (Å²) in [5, 5.41) is 16.4. The molecule has 4 aromatic rings. The van der Waals surface area contributed by atoms with Gasteiger partial charge in [-0.3, -0.25) is 9.97 Å². The highest BCUT2D eigenvalue weighted by molar-refractivity contribution is 5.63. The maximum Gasteiger partial charge on any atom is 0.180 e. The summed E-state index contributed by atoms with van der Waals surface area (Å²) >= 11 is 0. The Morgan fingerprint density at radius 2 is 2.00 bits per heavy atom. The van der Waals surface area contributed by atoms with Gasteiger partial charge in [-0.15, -0.1) is 15.3 Å². The molecule has 0 aliphatic carbocycles. The van der Waals surface area contributed by atoms with Crippen LogP contribution in [0.4, 0.5) is 17.2 Å². The van der Waals surface area contributed by atoms with Crippen LogP contribution in [0.15, 0.2) is 37.1 Å². The van der Waals surface area contributed by atoms with E-state index in [9.17, 15) is 0 Å². The van der Waals surface area contributed by atoms with E-state index in [4.69, 9.17) is 10.1 Å². The van der Waals surface area contributed by atoms with E-state index in [-0.39, 0.29) is 0 Å². The first kappa shape index (κ1) is 17.5. The second-order valence-electron chi connectivity index (χ2n) is 7.49. The number of anilines is 3. The molecule has 1 aliphatic heterocycles. The molecule has 0 fully saturated rings. The van der Waals surface area contributed by atoms with Crippen LogP contribution >= 0.6 is 0 Å². The second kappa shape index (κ2) is 6.80. The summed E-state index contributed by atoms with van der Waals surface area (Å²) in [6.07, 6.45) is 8.11. The van der Waals surface area contributed by atoms with E-state index in [1.54, 1.807) is 17.0 Å². The van der Waals surface area contributed by atoms with Crippen LogP contribution in [-0.2, 0) is 13.0 Å². The number of rotatable bonds is 3. The van der Waals surface area contributed by atoms with Crippen molar-refractivity contribution in [1.82, 2.24) is 29.8 Å². The number of nitrogens with one attached hydrogen (secondary N) is 1. The zero-order chi connectivity index (χ0) is 20.0. The lowest BCUT2D eigenvalue weighted by atomic mass is 10.0. The topological polar surface area (TPSA) is 84.1 Å². The number of hydrogen-bond acceptors (Lipinski definition) is 7. The third kappa shape index (κ3) is 3.06. The quantitative estimate of drug-likeness (QED) is 0.579. The zero-order valence-corrected chi connectivity index (χ0v) is 16.7. The van der Waals surface area contributed by atoms with Gasteiger partial charge in [0.1, 0.15) is 6.33 Å². The molecule has 8 nitrogen and oxygen atoms in total. The van der Waals surface area contributed by atoms with E-state index in [0.717, 1.165) is 64.7 Å². The molecule has 0 amide bonds. The molecule has 4 aromatic heterocycles. The van der Waals surface area contributed by atoms with Crippen molar-refractivity contribution in [2.45, 2.75) is 33.7 Å². The second-order valence-corrected chi connectivity index (χ2v) is 7.49. The minimum absolute atomic E-state index is 0.772. The number of pyridine rings is 2. The number of nitrogens with zero attached hydrogens (tertiary/aromatic N) is 7. The fraction of sp³-hybridized carbons (Fsp3) is 0.286. The molecule has 0 saturated heterocycles. The van der Waals surface area contributed by atoms with Crippen LogP contribution in [0.3, 0.4) is 0 Å². The molecule has 0 atom stereocenters. The number of hydrogen-bond donors (Lipinski definition) is 1.